The summed E-state index contributed by atoms with van der Waals surface area (Å²) >= 11 is 1.67. The summed E-state index contributed by atoms with van der Waals surface area (Å²) < 4.78 is 4.89. The Kier molecular flexibility index (Phi) is 6.25. The standard InChI is InChI=1S/C9H18O2S/c1-5-7(3)12-8(4)9(10)11-6-2/h7-8H,5-6H2,1-4H3. The summed E-state index contributed by atoms with van der Waals surface area (Å²) in [5, 5.41) is 0.504. The largest absolute Gasteiger partial charge is 0.465 e. The Morgan fingerprint density at radius 3 is 2.42 bits per heavy atom. The smallest absolute Gasteiger partial charge is 0.318 e. The molecule has 3 heteroatoms. The fourth-order valence-electron chi connectivity index (χ4n) is 0.760. The SMILES string of the molecule is CCOC(=O)C(C)SC(C)CC. The number of thioether (sulfide) groups is 1. The van der Waals surface area contributed by atoms with E-state index in [1.165, 1.54) is 0 Å². The first kappa shape index (κ1) is 11.8. The van der Waals surface area contributed by atoms with Gasteiger partial charge in [0, 0.05) is 5.25 Å². The van der Waals surface area contributed by atoms with E-state index in [1.807, 2.05) is 13.8 Å². The van der Waals surface area contributed by atoms with E-state index in [0.717, 1.165) is 6.42 Å². The van der Waals surface area contributed by atoms with Crippen LogP contribution in [0.2, 0.25) is 0 Å². The number of hydrogen-bond donors (Lipinski definition) is 0. The quantitative estimate of drug-likeness (QED) is 0.623. The highest BCUT2D eigenvalue weighted by atomic mass is 32.2. The molecule has 0 aromatic heterocycles. The third kappa shape index (κ3) is 4.65. The van der Waals surface area contributed by atoms with Crippen LogP contribution in [0.25, 0.3) is 0 Å². The number of rotatable bonds is 5. The van der Waals surface area contributed by atoms with E-state index in [2.05, 4.69) is 13.8 Å². The van der Waals surface area contributed by atoms with Gasteiger partial charge in [-0.25, -0.2) is 0 Å². The predicted octanol–water partition coefficient (Wildman–Crippen LogP) is 2.47. The molecule has 0 amide bonds. The Morgan fingerprint density at radius 1 is 1.42 bits per heavy atom. The molecule has 72 valence electrons. The molecule has 12 heavy (non-hydrogen) atoms. The molecule has 2 unspecified atom stereocenters. The summed E-state index contributed by atoms with van der Waals surface area (Å²) in [7, 11) is 0. The molecule has 0 aliphatic heterocycles. The van der Waals surface area contributed by atoms with Crippen LogP contribution < -0.4 is 0 Å². The molecule has 0 aliphatic carbocycles. The Balaban J connectivity index is 3.70. The van der Waals surface area contributed by atoms with Crippen molar-refractivity contribution in [3.63, 3.8) is 0 Å². The number of esters is 1. The topological polar surface area (TPSA) is 26.3 Å². The molecule has 0 saturated carbocycles. The first-order chi connectivity index (χ1) is 5.61. The lowest BCUT2D eigenvalue weighted by Gasteiger charge is -2.13. The van der Waals surface area contributed by atoms with Crippen molar-refractivity contribution in [1.82, 2.24) is 0 Å². The zero-order valence-corrected chi connectivity index (χ0v) is 9.11. The minimum absolute atomic E-state index is 0.0279. The van der Waals surface area contributed by atoms with Crippen molar-refractivity contribution in [2.75, 3.05) is 6.61 Å². The molecule has 0 N–H and O–H groups in total. The summed E-state index contributed by atoms with van der Waals surface area (Å²) in [4.78, 5) is 11.2. The third-order valence-electron chi connectivity index (χ3n) is 1.63. The van der Waals surface area contributed by atoms with Gasteiger partial charge in [0.1, 0.15) is 0 Å². The van der Waals surface area contributed by atoms with Crippen molar-refractivity contribution >= 4 is 17.7 Å². The van der Waals surface area contributed by atoms with Crippen LogP contribution >= 0.6 is 11.8 Å². The maximum Gasteiger partial charge on any atom is 0.318 e. The summed E-state index contributed by atoms with van der Waals surface area (Å²) in [5.41, 5.74) is 0. The predicted molar refractivity (Wildman–Crippen MR) is 53.4 cm³/mol. The van der Waals surface area contributed by atoms with Crippen LogP contribution in [0.3, 0.4) is 0 Å². The lowest BCUT2D eigenvalue weighted by Crippen LogP contribution is -2.19. The molecule has 2 atom stereocenters. The van der Waals surface area contributed by atoms with Gasteiger partial charge < -0.3 is 4.74 Å². The first-order valence-electron chi connectivity index (χ1n) is 4.43. The van der Waals surface area contributed by atoms with E-state index >= 15 is 0 Å². The molecular formula is C9H18O2S. The van der Waals surface area contributed by atoms with E-state index in [4.69, 9.17) is 4.74 Å². The highest BCUT2D eigenvalue weighted by molar-refractivity contribution is 8.01. The number of ether oxygens (including phenoxy) is 1. The van der Waals surface area contributed by atoms with Crippen LogP contribution in [0.4, 0.5) is 0 Å². The highest BCUT2D eigenvalue weighted by Gasteiger charge is 2.16. The third-order valence-corrected chi connectivity index (χ3v) is 3.03. The van der Waals surface area contributed by atoms with Crippen LogP contribution in [0, 0.1) is 0 Å². The van der Waals surface area contributed by atoms with E-state index in [1.54, 1.807) is 11.8 Å². The van der Waals surface area contributed by atoms with Crippen molar-refractivity contribution in [3.8, 4) is 0 Å². The molecular weight excluding hydrogens is 172 g/mol. The van der Waals surface area contributed by atoms with Crippen molar-refractivity contribution in [3.05, 3.63) is 0 Å². The fraction of sp³-hybridized carbons (Fsp3) is 0.889. The summed E-state index contributed by atoms with van der Waals surface area (Å²) in [6, 6.07) is 0. The van der Waals surface area contributed by atoms with E-state index in [9.17, 15) is 4.79 Å². The van der Waals surface area contributed by atoms with Gasteiger partial charge in [0.25, 0.3) is 0 Å². The average molecular weight is 190 g/mol. The molecule has 0 saturated heterocycles. The monoisotopic (exact) mass is 190 g/mol. The maximum atomic E-state index is 11.2. The van der Waals surface area contributed by atoms with Crippen molar-refractivity contribution in [1.29, 1.82) is 0 Å². The summed E-state index contributed by atoms with van der Waals surface area (Å²) in [6.07, 6.45) is 1.09. The van der Waals surface area contributed by atoms with Crippen molar-refractivity contribution in [2.24, 2.45) is 0 Å². The molecule has 0 aromatic rings. The van der Waals surface area contributed by atoms with Gasteiger partial charge in [0.05, 0.1) is 11.9 Å². The van der Waals surface area contributed by atoms with Crippen LogP contribution in [-0.4, -0.2) is 23.1 Å². The van der Waals surface area contributed by atoms with E-state index < -0.39 is 0 Å². The van der Waals surface area contributed by atoms with E-state index in [0.29, 0.717) is 11.9 Å². The van der Waals surface area contributed by atoms with Crippen LogP contribution in [0.5, 0.6) is 0 Å². The average Bonchev–Trinajstić information content (AvgIpc) is 2.04. The fourth-order valence-corrected chi connectivity index (χ4v) is 1.83. The second-order valence-electron chi connectivity index (χ2n) is 2.75. The Labute approximate surface area is 79.1 Å². The summed E-state index contributed by atoms with van der Waals surface area (Å²) in [6.45, 7) is 8.45. The second-order valence-corrected chi connectivity index (χ2v) is 4.53. The number of hydrogen-bond acceptors (Lipinski definition) is 3. The molecule has 0 fully saturated rings. The minimum Gasteiger partial charge on any atom is -0.465 e. The molecule has 0 radical (unpaired) electrons. The molecule has 0 aliphatic rings. The van der Waals surface area contributed by atoms with Gasteiger partial charge in [0.2, 0.25) is 0 Å². The van der Waals surface area contributed by atoms with Crippen molar-refractivity contribution in [2.45, 2.75) is 44.6 Å². The molecule has 0 aromatic carbocycles. The van der Waals surface area contributed by atoms with Gasteiger partial charge >= 0.3 is 5.97 Å². The molecule has 2 nitrogen and oxygen atoms in total. The molecule has 0 spiro atoms. The van der Waals surface area contributed by atoms with Gasteiger partial charge in [-0.15, -0.1) is 11.8 Å². The maximum absolute atomic E-state index is 11.2. The molecule has 0 heterocycles. The van der Waals surface area contributed by atoms with Crippen LogP contribution in [0.15, 0.2) is 0 Å². The summed E-state index contributed by atoms with van der Waals surface area (Å²) in [5.74, 6) is -0.0946. The minimum atomic E-state index is -0.0946. The van der Waals surface area contributed by atoms with Gasteiger partial charge in [0.15, 0.2) is 0 Å². The highest BCUT2D eigenvalue weighted by Crippen LogP contribution is 2.20. The number of carbonyl (C=O) groups excluding carboxylic acids is 1. The van der Waals surface area contributed by atoms with Gasteiger partial charge in [-0.2, -0.15) is 0 Å². The van der Waals surface area contributed by atoms with Gasteiger partial charge in [-0.3, -0.25) is 4.79 Å². The number of carbonyl (C=O) groups is 1. The zero-order valence-electron chi connectivity index (χ0n) is 8.29. The first-order valence-corrected chi connectivity index (χ1v) is 5.38. The lowest BCUT2D eigenvalue weighted by molar-refractivity contribution is -0.142. The van der Waals surface area contributed by atoms with E-state index in [-0.39, 0.29) is 11.2 Å². The van der Waals surface area contributed by atoms with Crippen LogP contribution in [-0.2, 0) is 9.53 Å². The second kappa shape index (κ2) is 6.35. The lowest BCUT2D eigenvalue weighted by atomic mass is 10.4. The Hall–Kier alpha value is -0.180. The molecule has 0 bridgehead atoms. The van der Waals surface area contributed by atoms with Gasteiger partial charge in [-0.05, 0) is 20.3 Å². The Bertz CT molecular complexity index is 136. The normalized spacial score (nSPS) is 15.3. The van der Waals surface area contributed by atoms with Crippen molar-refractivity contribution < 1.29 is 9.53 Å². The molecule has 0 rings (SSSR count). The van der Waals surface area contributed by atoms with Gasteiger partial charge in [-0.1, -0.05) is 13.8 Å². The van der Waals surface area contributed by atoms with Crippen LogP contribution in [0.1, 0.15) is 34.1 Å². The zero-order chi connectivity index (χ0) is 9.56. The Morgan fingerprint density at radius 2 is 2.00 bits per heavy atom.